The highest BCUT2D eigenvalue weighted by molar-refractivity contribution is 8.40. The number of nitrogens with zero attached hydrogens (tertiary/aromatic N) is 2. The van der Waals surface area contributed by atoms with Gasteiger partial charge in [0.15, 0.2) is 11.4 Å². The molecule has 0 aliphatic carbocycles. The van der Waals surface area contributed by atoms with Gasteiger partial charge in [-0.3, -0.25) is 0 Å². The van der Waals surface area contributed by atoms with E-state index in [2.05, 4.69) is 0 Å². The Bertz CT molecular complexity index is 919. The molecule has 0 fully saturated rings. The maximum Gasteiger partial charge on any atom is 0.430 e. The van der Waals surface area contributed by atoms with E-state index in [-0.39, 0.29) is 10.8 Å². The number of hydrogen-bond acceptors (Lipinski definition) is 8. The van der Waals surface area contributed by atoms with Crippen molar-refractivity contribution in [3.05, 3.63) is 51.4 Å². The summed E-state index contributed by atoms with van der Waals surface area (Å²) in [5.74, 6) is 0.134. The molecule has 0 atom stereocenters. The lowest BCUT2D eigenvalue weighted by Gasteiger charge is -2.09. The van der Waals surface area contributed by atoms with Crippen LogP contribution in [0.1, 0.15) is 12.5 Å². The fourth-order valence-corrected chi connectivity index (χ4v) is 5.68. The highest BCUT2D eigenvalue weighted by atomic mass is 32.2. The first-order valence-corrected chi connectivity index (χ1v) is 12.3. The van der Waals surface area contributed by atoms with Crippen LogP contribution in [-0.4, -0.2) is 52.6 Å². The fourth-order valence-electron chi connectivity index (χ4n) is 2.21. The van der Waals surface area contributed by atoms with Crippen LogP contribution in [0, 0.1) is 6.92 Å². The van der Waals surface area contributed by atoms with Gasteiger partial charge in [-0.1, -0.05) is 41.2 Å². The Morgan fingerprint density at radius 1 is 1.26 bits per heavy atom. The summed E-state index contributed by atoms with van der Waals surface area (Å²) in [6, 6.07) is 5.78. The van der Waals surface area contributed by atoms with E-state index in [1.165, 1.54) is 12.1 Å². The zero-order chi connectivity index (χ0) is 20.2. The van der Waals surface area contributed by atoms with Crippen molar-refractivity contribution in [2.24, 2.45) is 0 Å². The summed E-state index contributed by atoms with van der Waals surface area (Å²) in [5, 5.41) is 3.04. The maximum absolute atomic E-state index is 12.2. The molecule has 1 aromatic carbocycles. The number of thioether (sulfide) groups is 3. The van der Waals surface area contributed by atoms with E-state index in [1.807, 2.05) is 48.2 Å². The summed E-state index contributed by atoms with van der Waals surface area (Å²) in [6.07, 6.45) is 3.99. The molecular weight excluding hydrogens is 424 g/mol. The zero-order valence-corrected chi connectivity index (χ0v) is 18.6. The molecule has 2 aliphatic heterocycles. The van der Waals surface area contributed by atoms with Crippen LogP contribution in [-0.2, 0) is 14.9 Å². The molecule has 27 heavy (non-hydrogen) atoms. The first-order valence-electron chi connectivity index (χ1n) is 7.92. The average Bonchev–Trinajstić information content (AvgIpc) is 3.17. The third kappa shape index (κ3) is 5.41. The lowest BCUT2D eigenvalue weighted by atomic mass is 10.2. The quantitative estimate of drug-likeness (QED) is 0.391. The minimum absolute atomic E-state index is 0.134. The van der Waals surface area contributed by atoms with Crippen molar-refractivity contribution in [2.45, 2.75) is 18.7 Å². The van der Waals surface area contributed by atoms with Crippen LogP contribution >= 0.6 is 35.3 Å². The molecule has 0 spiro atoms. The second kappa shape index (κ2) is 9.33. The second-order valence-electron chi connectivity index (χ2n) is 5.54. The Hall–Kier alpha value is -1.20. The molecule has 10 heteroatoms. The fraction of sp³-hybridized carbons (Fsp3) is 0.294. The Morgan fingerprint density at radius 3 is 2.30 bits per heavy atom. The number of aryl methyl sites for hydroxylation is 1. The van der Waals surface area contributed by atoms with Crippen molar-refractivity contribution in [3.63, 3.8) is 0 Å². The zero-order valence-electron chi connectivity index (χ0n) is 15.3. The van der Waals surface area contributed by atoms with Crippen LogP contribution in [0.2, 0.25) is 0 Å². The molecule has 0 radical (unpaired) electrons. The summed E-state index contributed by atoms with van der Waals surface area (Å²) in [5.41, 5.74) is 0.928. The maximum atomic E-state index is 12.2. The van der Waals surface area contributed by atoms with Crippen LogP contribution in [0.4, 0.5) is 0 Å². The van der Waals surface area contributed by atoms with Crippen molar-refractivity contribution < 1.29 is 22.3 Å². The molecule has 6 nitrogen and oxygen atoms in total. The van der Waals surface area contributed by atoms with Crippen molar-refractivity contribution >= 4 is 55.7 Å². The number of rotatable bonds is 2. The minimum Gasteiger partial charge on any atom is -0.744 e. The highest BCUT2D eigenvalue weighted by Crippen LogP contribution is 2.40. The minimum atomic E-state index is -4.27. The molecule has 0 bridgehead atoms. The molecule has 2 aliphatic rings. The number of likely N-dealkylation sites (N-methyl/N-ethyl adjacent to an activating group) is 1. The molecule has 0 unspecified atom stereocenters. The van der Waals surface area contributed by atoms with E-state index in [9.17, 15) is 17.8 Å². The van der Waals surface area contributed by atoms with E-state index < -0.39 is 10.1 Å². The molecule has 0 saturated heterocycles. The lowest BCUT2D eigenvalue weighted by molar-refractivity contribution is -0.433. The van der Waals surface area contributed by atoms with E-state index in [4.69, 9.17) is 0 Å². The van der Waals surface area contributed by atoms with Gasteiger partial charge in [-0.25, -0.2) is 13.2 Å². The summed E-state index contributed by atoms with van der Waals surface area (Å²) < 4.78 is 34.1. The number of hydrogen-bond donors (Lipinski definition) is 0. The molecule has 0 aromatic heterocycles. The molecule has 3 rings (SSSR count). The van der Waals surface area contributed by atoms with Gasteiger partial charge in [-0.05, 0) is 37.6 Å². The molecule has 0 N–H and O–H groups in total. The van der Waals surface area contributed by atoms with Crippen LogP contribution < -0.4 is 0 Å². The van der Waals surface area contributed by atoms with Crippen LogP contribution in [0.25, 0.3) is 0 Å². The molecule has 146 valence electrons. The molecule has 1 amide bonds. The van der Waals surface area contributed by atoms with Crippen molar-refractivity contribution in [1.82, 2.24) is 4.90 Å². The van der Waals surface area contributed by atoms with E-state index >= 15 is 0 Å². The van der Waals surface area contributed by atoms with E-state index in [0.29, 0.717) is 0 Å². The Labute approximate surface area is 172 Å². The average molecular weight is 445 g/mol. The van der Waals surface area contributed by atoms with Gasteiger partial charge >= 0.3 is 5.91 Å². The third-order valence-corrected chi connectivity index (χ3v) is 7.87. The molecule has 1 aromatic rings. The van der Waals surface area contributed by atoms with E-state index in [0.717, 1.165) is 26.4 Å². The Morgan fingerprint density at radius 2 is 1.89 bits per heavy atom. The predicted octanol–water partition coefficient (Wildman–Crippen LogP) is 3.23. The summed E-state index contributed by atoms with van der Waals surface area (Å²) >= 11 is 4.83. The summed E-state index contributed by atoms with van der Waals surface area (Å²) in [6.45, 7) is 4.56. The molecule has 0 saturated carbocycles. The highest BCUT2D eigenvalue weighted by Gasteiger charge is 2.40. The van der Waals surface area contributed by atoms with Gasteiger partial charge in [0, 0.05) is 25.0 Å². The van der Waals surface area contributed by atoms with Gasteiger partial charge in [0.2, 0.25) is 0 Å². The normalized spacial score (nSPS) is 19.6. The topological polar surface area (TPSA) is 80.5 Å². The standard InChI is InChI=1S/C10H13N2OS3.C7H8O3S/c1-4-12-8(13)7(16-10(12)14-3)9-11(2)5-6-15-9;1-6-2-4-7(5-3-6)11(8,9)10/h5-6H,4H2,1-3H3;2-5H,1H3,(H,8,9,10)/q+1;/p-1. The van der Waals surface area contributed by atoms with Gasteiger partial charge in [0.1, 0.15) is 15.1 Å². The summed E-state index contributed by atoms with van der Waals surface area (Å²) in [4.78, 5) is 14.9. The number of benzene rings is 1. The number of carbonyl (C=O) groups is 1. The SMILES string of the molecule is CC[N+]1=C(SC)SC(=C2SC=CN2C)C1=O.Cc1ccc(S(=O)(=O)[O-])cc1. The van der Waals surface area contributed by atoms with Gasteiger partial charge in [0.05, 0.1) is 4.90 Å². The first kappa shape index (κ1) is 22.1. The first-order chi connectivity index (χ1) is 12.7. The number of amides is 1. The number of carbonyl (C=O) groups excluding carboxylic acids is 1. The smallest absolute Gasteiger partial charge is 0.430 e. The van der Waals surface area contributed by atoms with E-state index in [1.54, 1.807) is 47.4 Å². The Balaban J connectivity index is 0.000000208. The van der Waals surface area contributed by atoms with Gasteiger partial charge in [0.25, 0.3) is 4.38 Å². The second-order valence-corrected chi connectivity index (χ2v) is 9.86. The van der Waals surface area contributed by atoms with Crippen LogP contribution in [0.5, 0.6) is 0 Å². The van der Waals surface area contributed by atoms with Crippen molar-refractivity contribution in [3.8, 4) is 0 Å². The largest absolute Gasteiger partial charge is 0.744 e. The van der Waals surface area contributed by atoms with Gasteiger partial charge < -0.3 is 9.45 Å². The van der Waals surface area contributed by atoms with Crippen molar-refractivity contribution in [1.29, 1.82) is 0 Å². The van der Waals surface area contributed by atoms with Crippen LogP contribution in [0.15, 0.2) is 50.7 Å². The van der Waals surface area contributed by atoms with Gasteiger partial charge in [-0.15, -0.1) is 4.58 Å². The lowest BCUT2D eigenvalue weighted by Crippen LogP contribution is -2.20. The van der Waals surface area contributed by atoms with Crippen LogP contribution in [0.3, 0.4) is 0 Å². The van der Waals surface area contributed by atoms with Gasteiger partial charge in [-0.2, -0.15) is 0 Å². The monoisotopic (exact) mass is 444 g/mol. The molecule has 2 heterocycles. The Kier molecular flexibility index (Phi) is 7.64. The molecular formula is C17H20N2O4S4. The third-order valence-electron chi connectivity index (χ3n) is 3.63. The van der Waals surface area contributed by atoms with Crippen molar-refractivity contribution in [2.75, 3.05) is 19.8 Å². The summed E-state index contributed by atoms with van der Waals surface area (Å²) in [7, 11) is -2.30. The predicted molar refractivity (Wildman–Crippen MR) is 113 cm³/mol.